The first-order valence-electron chi connectivity index (χ1n) is 14.4. The van der Waals surface area contributed by atoms with E-state index >= 15 is 0 Å². The molecule has 0 radical (unpaired) electrons. The van der Waals surface area contributed by atoms with Crippen LogP contribution in [0.5, 0.6) is 0 Å². The van der Waals surface area contributed by atoms with Gasteiger partial charge >= 0.3 is 0 Å². The second-order valence-corrected chi connectivity index (χ2v) is 10.4. The van der Waals surface area contributed by atoms with Crippen molar-refractivity contribution < 1.29 is 28.4 Å². The van der Waals surface area contributed by atoms with Gasteiger partial charge in [0, 0.05) is 14.2 Å². The largest absolute Gasteiger partial charge is 0.376 e. The highest BCUT2D eigenvalue weighted by molar-refractivity contribution is 5.17. The second kappa shape index (κ2) is 15.8. The van der Waals surface area contributed by atoms with E-state index < -0.39 is 36.6 Å². The van der Waals surface area contributed by atoms with E-state index in [4.69, 9.17) is 28.4 Å². The third-order valence-electron chi connectivity index (χ3n) is 7.63. The Labute approximate surface area is 249 Å². The van der Waals surface area contributed by atoms with Crippen molar-refractivity contribution in [1.29, 1.82) is 0 Å². The Kier molecular flexibility index (Phi) is 11.3. The van der Waals surface area contributed by atoms with Gasteiger partial charge in [-0.3, -0.25) is 0 Å². The summed E-state index contributed by atoms with van der Waals surface area (Å²) in [6.45, 7) is 1.57. The molecule has 6 atom stereocenters. The predicted octanol–water partition coefficient (Wildman–Crippen LogP) is 6.37. The molecule has 1 fully saturated rings. The van der Waals surface area contributed by atoms with Gasteiger partial charge in [0.2, 0.25) is 0 Å². The Bertz CT molecular complexity index is 1180. The molecule has 0 spiro atoms. The molecule has 0 N–H and O–H groups in total. The lowest BCUT2D eigenvalue weighted by Gasteiger charge is -2.49. The van der Waals surface area contributed by atoms with Crippen LogP contribution < -0.4 is 0 Å². The van der Waals surface area contributed by atoms with Crippen LogP contribution in [0, 0.1) is 0 Å². The van der Waals surface area contributed by atoms with Crippen LogP contribution in [0.1, 0.15) is 22.3 Å². The van der Waals surface area contributed by atoms with Gasteiger partial charge in [0.25, 0.3) is 0 Å². The zero-order valence-electron chi connectivity index (χ0n) is 24.3. The fraction of sp³-hybridized carbons (Fsp3) is 0.333. The van der Waals surface area contributed by atoms with E-state index in [1.165, 1.54) is 0 Å². The van der Waals surface area contributed by atoms with Crippen LogP contribution in [0.15, 0.2) is 121 Å². The van der Waals surface area contributed by atoms with Crippen LogP contribution in [0.25, 0.3) is 0 Å². The van der Waals surface area contributed by atoms with Crippen molar-refractivity contribution in [3.05, 3.63) is 144 Å². The van der Waals surface area contributed by atoms with Gasteiger partial charge in [0.1, 0.15) is 36.6 Å². The maximum absolute atomic E-state index is 6.71. The van der Waals surface area contributed by atoms with E-state index in [1.54, 1.807) is 14.2 Å². The van der Waals surface area contributed by atoms with Gasteiger partial charge in [0.05, 0.1) is 26.4 Å². The fourth-order valence-electron chi connectivity index (χ4n) is 5.48. The van der Waals surface area contributed by atoms with Crippen molar-refractivity contribution in [1.82, 2.24) is 0 Å². The molecule has 6 nitrogen and oxygen atoms in total. The monoisotopic (exact) mass is 568 g/mol. The molecule has 1 aliphatic rings. The summed E-state index contributed by atoms with van der Waals surface area (Å²) >= 11 is 0. The summed E-state index contributed by atoms with van der Waals surface area (Å²) in [5.74, 6) is 0. The molecule has 4 aromatic rings. The van der Waals surface area contributed by atoms with Gasteiger partial charge in [0.15, 0.2) is 0 Å². The minimum atomic E-state index is -0.505. The molecule has 6 heteroatoms. The number of hydrogen-bond acceptors (Lipinski definition) is 6. The van der Waals surface area contributed by atoms with Crippen LogP contribution in [0.4, 0.5) is 0 Å². The minimum Gasteiger partial charge on any atom is -0.376 e. The maximum atomic E-state index is 6.71. The molecular weight excluding hydrogens is 528 g/mol. The highest BCUT2D eigenvalue weighted by atomic mass is 16.6. The Morgan fingerprint density at radius 3 is 0.762 bits per heavy atom. The molecule has 1 aliphatic carbocycles. The van der Waals surface area contributed by atoms with Crippen molar-refractivity contribution in [3.63, 3.8) is 0 Å². The Morgan fingerprint density at radius 2 is 0.548 bits per heavy atom. The first-order valence-corrected chi connectivity index (χ1v) is 14.4. The summed E-state index contributed by atoms with van der Waals surface area (Å²) in [5, 5.41) is 0. The summed E-state index contributed by atoms with van der Waals surface area (Å²) in [6, 6.07) is 40.5. The lowest BCUT2D eigenvalue weighted by molar-refractivity contribution is -0.281. The summed E-state index contributed by atoms with van der Waals surface area (Å²) in [5.41, 5.74) is 4.25. The van der Waals surface area contributed by atoms with Crippen LogP contribution in [0.3, 0.4) is 0 Å². The highest BCUT2D eigenvalue weighted by Gasteiger charge is 2.54. The molecular formula is C36H40O6. The van der Waals surface area contributed by atoms with E-state index in [2.05, 4.69) is 24.3 Å². The van der Waals surface area contributed by atoms with Crippen LogP contribution in [-0.4, -0.2) is 50.8 Å². The molecule has 4 aromatic carbocycles. The van der Waals surface area contributed by atoms with Crippen LogP contribution in [0.2, 0.25) is 0 Å². The molecule has 0 amide bonds. The van der Waals surface area contributed by atoms with Crippen molar-refractivity contribution in [2.75, 3.05) is 14.2 Å². The molecule has 1 saturated carbocycles. The van der Waals surface area contributed by atoms with E-state index in [9.17, 15) is 0 Å². The number of benzene rings is 4. The highest BCUT2D eigenvalue weighted by Crippen LogP contribution is 2.35. The number of rotatable bonds is 14. The van der Waals surface area contributed by atoms with Gasteiger partial charge in [-0.1, -0.05) is 121 Å². The fourth-order valence-corrected chi connectivity index (χ4v) is 5.48. The van der Waals surface area contributed by atoms with Gasteiger partial charge in [-0.2, -0.15) is 0 Å². The smallest absolute Gasteiger partial charge is 0.116 e. The first-order chi connectivity index (χ1) is 20.8. The van der Waals surface area contributed by atoms with Crippen LogP contribution in [-0.2, 0) is 54.8 Å². The van der Waals surface area contributed by atoms with Crippen molar-refractivity contribution in [2.24, 2.45) is 0 Å². The van der Waals surface area contributed by atoms with Gasteiger partial charge in [-0.15, -0.1) is 0 Å². The van der Waals surface area contributed by atoms with E-state index in [-0.39, 0.29) is 0 Å². The van der Waals surface area contributed by atoms with Crippen molar-refractivity contribution in [2.45, 2.75) is 63.1 Å². The van der Waals surface area contributed by atoms with Crippen molar-refractivity contribution >= 4 is 0 Å². The summed E-state index contributed by atoms with van der Waals surface area (Å²) in [6.07, 6.45) is -2.90. The zero-order valence-corrected chi connectivity index (χ0v) is 24.3. The number of hydrogen-bond donors (Lipinski definition) is 0. The molecule has 220 valence electrons. The average Bonchev–Trinajstić information content (AvgIpc) is 3.06. The molecule has 0 unspecified atom stereocenters. The lowest BCUT2D eigenvalue weighted by atomic mass is 9.83. The molecule has 0 heterocycles. The standard InChI is InChI=1S/C36H40O6/c1-37-31-32(38-2)34(40-24-28-17-9-4-10-18-28)36(42-26-30-21-13-6-14-22-30)35(41-25-29-19-11-5-12-20-29)33(31)39-23-27-15-7-3-8-16-27/h3-22,31-36H,23-26H2,1-2H3/t31-,32+,33-,34-,35+,36+/m1/s1. The topological polar surface area (TPSA) is 55.4 Å². The zero-order chi connectivity index (χ0) is 29.0. The van der Waals surface area contributed by atoms with E-state index in [0.29, 0.717) is 26.4 Å². The molecule has 5 rings (SSSR count). The predicted molar refractivity (Wildman–Crippen MR) is 162 cm³/mol. The number of ether oxygens (including phenoxy) is 6. The van der Waals surface area contributed by atoms with Crippen LogP contribution >= 0.6 is 0 Å². The summed E-state index contributed by atoms with van der Waals surface area (Å²) in [4.78, 5) is 0. The van der Waals surface area contributed by atoms with Gasteiger partial charge in [-0.25, -0.2) is 0 Å². The summed E-state index contributed by atoms with van der Waals surface area (Å²) < 4.78 is 38.9. The van der Waals surface area contributed by atoms with E-state index in [0.717, 1.165) is 22.3 Å². The second-order valence-electron chi connectivity index (χ2n) is 10.4. The molecule has 0 bridgehead atoms. The van der Waals surface area contributed by atoms with E-state index in [1.807, 2.05) is 97.1 Å². The Hall–Kier alpha value is -3.36. The molecule has 0 aromatic heterocycles. The molecule has 0 aliphatic heterocycles. The third kappa shape index (κ3) is 7.92. The quantitative estimate of drug-likeness (QED) is 0.176. The third-order valence-corrected chi connectivity index (χ3v) is 7.63. The minimum absolute atomic E-state index is 0.390. The van der Waals surface area contributed by atoms with Gasteiger partial charge < -0.3 is 28.4 Å². The maximum Gasteiger partial charge on any atom is 0.116 e. The summed E-state index contributed by atoms with van der Waals surface area (Å²) in [7, 11) is 3.37. The lowest BCUT2D eigenvalue weighted by Crippen LogP contribution is -2.67. The number of methoxy groups -OCH3 is 2. The Morgan fingerprint density at radius 1 is 0.333 bits per heavy atom. The van der Waals surface area contributed by atoms with Gasteiger partial charge in [-0.05, 0) is 22.3 Å². The SMILES string of the molecule is CO[C@@H]1[C@H](OC)[C@@H](OCc2ccccc2)[C@H](OCc2ccccc2)[C@@H](OCc2ccccc2)[C@@H]1OCc1ccccc1. The first kappa shape index (κ1) is 30.1. The Balaban J connectivity index is 1.47. The normalized spacial score (nSPS) is 24.0. The molecule has 0 saturated heterocycles. The average molecular weight is 569 g/mol. The molecule has 42 heavy (non-hydrogen) atoms. The van der Waals surface area contributed by atoms with Crippen molar-refractivity contribution in [3.8, 4) is 0 Å².